The first kappa shape index (κ1) is 8.73. The average Bonchev–Trinajstić information content (AvgIpc) is 1.84. The van der Waals surface area contributed by atoms with Crippen molar-refractivity contribution in [2.75, 3.05) is 11.6 Å². The first-order chi connectivity index (χ1) is 3.72. The first-order valence-corrected chi connectivity index (χ1v) is 4.64. The smallest absolute Gasteiger partial charge is 0.122 e. The normalized spacial score (nSPS) is 17.9. The first-order valence-electron chi connectivity index (χ1n) is 2.29. The van der Waals surface area contributed by atoms with E-state index in [1.807, 2.05) is 6.92 Å². The minimum atomic E-state index is -0.938. The Balaban J connectivity index is 3.46. The molecule has 0 amide bonds. The van der Waals surface area contributed by atoms with Gasteiger partial charge in [-0.2, -0.15) is 0 Å². The fraction of sp³-hybridized carbons (Fsp3) is 1.00. The van der Waals surface area contributed by atoms with E-state index in [4.69, 9.17) is 23.2 Å². The minimum absolute atomic E-state index is 0.266. The van der Waals surface area contributed by atoms with Crippen molar-refractivity contribution in [3.8, 4) is 0 Å². The molecular formula is C4H8Cl2OS. The van der Waals surface area contributed by atoms with E-state index in [0.717, 1.165) is 0 Å². The maximum absolute atomic E-state index is 10.6. The highest BCUT2D eigenvalue weighted by molar-refractivity contribution is 7.87. The molecule has 4 heteroatoms. The van der Waals surface area contributed by atoms with Gasteiger partial charge in [0, 0.05) is 16.6 Å². The Morgan fingerprint density at radius 2 is 2.25 bits per heavy atom. The molecule has 8 heavy (non-hydrogen) atoms. The van der Waals surface area contributed by atoms with Crippen molar-refractivity contribution in [1.82, 2.24) is 0 Å². The predicted molar refractivity (Wildman–Crippen MR) is 39.0 cm³/mol. The molecule has 0 saturated heterocycles. The lowest BCUT2D eigenvalue weighted by Gasteiger charge is -1.99. The zero-order valence-corrected chi connectivity index (χ0v) is 6.89. The summed E-state index contributed by atoms with van der Waals surface area (Å²) < 4.78 is 10.3. The second-order valence-electron chi connectivity index (χ2n) is 1.23. The molecule has 0 spiro atoms. The van der Waals surface area contributed by atoms with E-state index in [-0.39, 0.29) is 10.6 Å². The van der Waals surface area contributed by atoms with Gasteiger partial charge in [-0.1, -0.05) is 6.92 Å². The van der Waals surface area contributed by atoms with Crippen LogP contribution < -0.4 is 0 Å². The van der Waals surface area contributed by atoms with Crippen LogP contribution in [0.15, 0.2) is 0 Å². The summed E-state index contributed by atoms with van der Waals surface area (Å²) in [5.41, 5.74) is 0. The van der Waals surface area contributed by atoms with Crippen LogP contribution in [0.3, 0.4) is 0 Å². The molecule has 0 aromatic carbocycles. The minimum Gasteiger partial charge on any atom is -0.258 e. The zero-order valence-electron chi connectivity index (χ0n) is 4.56. The molecule has 0 aliphatic carbocycles. The Morgan fingerprint density at radius 1 is 1.75 bits per heavy atom. The van der Waals surface area contributed by atoms with Crippen LogP contribution in [-0.4, -0.2) is 20.6 Å². The van der Waals surface area contributed by atoms with Crippen LogP contribution in [0.1, 0.15) is 6.92 Å². The third-order valence-electron chi connectivity index (χ3n) is 0.691. The number of halogens is 2. The Bertz CT molecular complexity index is 86.1. The van der Waals surface area contributed by atoms with Gasteiger partial charge in [-0.25, -0.2) is 0 Å². The molecule has 0 aromatic rings. The lowest BCUT2D eigenvalue weighted by atomic mass is 10.9. The molecule has 0 aromatic heterocycles. The number of rotatable bonds is 3. The van der Waals surface area contributed by atoms with Gasteiger partial charge >= 0.3 is 0 Å². The molecule has 0 heterocycles. The third-order valence-corrected chi connectivity index (χ3v) is 3.40. The van der Waals surface area contributed by atoms with Gasteiger partial charge in [-0.15, -0.1) is 23.2 Å². The maximum Gasteiger partial charge on any atom is 0.122 e. The summed E-state index contributed by atoms with van der Waals surface area (Å²) in [5.74, 6) is 0.850. The van der Waals surface area contributed by atoms with Crippen molar-refractivity contribution in [2.24, 2.45) is 0 Å². The van der Waals surface area contributed by atoms with Crippen LogP contribution in [-0.2, 0) is 10.8 Å². The predicted octanol–water partition coefficient (Wildman–Crippen LogP) is 1.56. The summed E-state index contributed by atoms with van der Waals surface area (Å²) in [7, 11) is -0.938. The molecule has 2 atom stereocenters. The maximum atomic E-state index is 10.6. The van der Waals surface area contributed by atoms with Crippen molar-refractivity contribution in [2.45, 2.75) is 11.6 Å². The van der Waals surface area contributed by atoms with Crippen molar-refractivity contribution >= 4 is 34.0 Å². The van der Waals surface area contributed by atoms with Gasteiger partial charge < -0.3 is 0 Å². The van der Waals surface area contributed by atoms with E-state index in [9.17, 15) is 4.21 Å². The molecule has 0 saturated carbocycles. The second kappa shape index (κ2) is 4.59. The molecule has 0 aliphatic rings. The van der Waals surface area contributed by atoms with Crippen LogP contribution in [0.4, 0.5) is 0 Å². The average molecular weight is 175 g/mol. The van der Waals surface area contributed by atoms with E-state index in [1.165, 1.54) is 0 Å². The van der Waals surface area contributed by atoms with Gasteiger partial charge in [-0.05, 0) is 0 Å². The molecule has 1 nitrogen and oxygen atoms in total. The number of hydrogen-bond acceptors (Lipinski definition) is 1. The molecule has 0 N–H and O–H groups in total. The van der Waals surface area contributed by atoms with Gasteiger partial charge in [0.2, 0.25) is 0 Å². The summed E-state index contributed by atoms with van der Waals surface area (Å²) in [6.07, 6.45) is 0. The fourth-order valence-corrected chi connectivity index (χ4v) is 1.55. The quantitative estimate of drug-likeness (QED) is 0.595. The van der Waals surface area contributed by atoms with E-state index < -0.39 is 10.8 Å². The van der Waals surface area contributed by atoms with Crippen LogP contribution in [0.2, 0.25) is 0 Å². The van der Waals surface area contributed by atoms with Crippen LogP contribution in [0.5, 0.6) is 0 Å². The van der Waals surface area contributed by atoms with E-state index in [0.29, 0.717) is 5.75 Å². The van der Waals surface area contributed by atoms with Crippen LogP contribution in [0, 0.1) is 0 Å². The zero-order chi connectivity index (χ0) is 6.57. The van der Waals surface area contributed by atoms with Gasteiger partial charge in [0.15, 0.2) is 0 Å². The number of hydrogen-bond donors (Lipinski definition) is 0. The van der Waals surface area contributed by atoms with Crippen molar-refractivity contribution in [3.05, 3.63) is 0 Å². The lowest BCUT2D eigenvalue weighted by molar-refractivity contribution is 0.683. The summed E-state index contributed by atoms with van der Waals surface area (Å²) >= 11 is 10.8. The molecule has 0 fully saturated rings. The molecule has 0 aliphatic heterocycles. The molecule has 50 valence electrons. The van der Waals surface area contributed by atoms with E-state index >= 15 is 0 Å². The molecule has 0 radical (unpaired) electrons. The molecule has 2 unspecified atom stereocenters. The Kier molecular flexibility index (Phi) is 5.01. The fourth-order valence-electron chi connectivity index (χ4n) is 0.251. The second-order valence-corrected chi connectivity index (χ2v) is 4.24. The molecule has 0 bridgehead atoms. The third kappa shape index (κ3) is 2.90. The van der Waals surface area contributed by atoms with E-state index in [1.54, 1.807) is 0 Å². The summed E-state index contributed by atoms with van der Waals surface area (Å²) in [4.78, 5) is 0. The van der Waals surface area contributed by atoms with Gasteiger partial charge in [-0.3, -0.25) is 4.21 Å². The summed E-state index contributed by atoms with van der Waals surface area (Å²) in [6.45, 7) is 1.82. The molecule has 0 rings (SSSR count). The van der Waals surface area contributed by atoms with Crippen LogP contribution >= 0.6 is 23.2 Å². The standard InChI is InChI=1S/C4H8Cl2OS/c1-2-8(7)4(6)3-5/h4H,2-3H2,1H3. The van der Waals surface area contributed by atoms with Gasteiger partial charge in [0.25, 0.3) is 0 Å². The largest absolute Gasteiger partial charge is 0.258 e. The monoisotopic (exact) mass is 174 g/mol. The number of alkyl halides is 2. The highest BCUT2D eigenvalue weighted by atomic mass is 35.5. The van der Waals surface area contributed by atoms with E-state index in [2.05, 4.69) is 0 Å². The topological polar surface area (TPSA) is 17.1 Å². The Hall–Kier alpha value is 0.730. The van der Waals surface area contributed by atoms with Crippen LogP contribution in [0.25, 0.3) is 0 Å². The highest BCUT2D eigenvalue weighted by Crippen LogP contribution is 2.03. The van der Waals surface area contributed by atoms with Gasteiger partial charge in [0.1, 0.15) is 4.71 Å². The Labute approximate surface area is 61.8 Å². The highest BCUT2D eigenvalue weighted by Gasteiger charge is 2.07. The summed E-state index contributed by atoms with van der Waals surface area (Å²) in [5, 5.41) is 0. The summed E-state index contributed by atoms with van der Waals surface area (Å²) in [6, 6.07) is 0. The lowest BCUT2D eigenvalue weighted by Crippen LogP contribution is -2.10. The van der Waals surface area contributed by atoms with Gasteiger partial charge in [0.05, 0.1) is 5.88 Å². The van der Waals surface area contributed by atoms with Crippen molar-refractivity contribution < 1.29 is 4.21 Å². The Morgan fingerprint density at radius 3 is 2.38 bits per heavy atom. The van der Waals surface area contributed by atoms with Crippen molar-refractivity contribution in [3.63, 3.8) is 0 Å². The molecular weight excluding hydrogens is 167 g/mol. The van der Waals surface area contributed by atoms with Crippen molar-refractivity contribution in [1.29, 1.82) is 0 Å². The SMILES string of the molecule is CCS(=O)C(Cl)CCl.